The minimum atomic E-state index is -1.08. The maximum Gasteiger partial charge on any atom is 0.325 e. The number of nitrogens with zero attached hydrogens (tertiary/aromatic N) is 2. The summed E-state index contributed by atoms with van der Waals surface area (Å²) >= 11 is 0. The van der Waals surface area contributed by atoms with Crippen LogP contribution in [0.1, 0.15) is 34.4 Å². The third kappa shape index (κ3) is 2.81. The van der Waals surface area contributed by atoms with Gasteiger partial charge in [0.15, 0.2) is 5.82 Å². The molecule has 7 heteroatoms. The van der Waals surface area contributed by atoms with Crippen molar-refractivity contribution in [3.63, 3.8) is 0 Å². The van der Waals surface area contributed by atoms with E-state index in [1.807, 2.05) is 6.92 Å². The maximum absolute atomic E-state index is 12.2. The van der Waals surface area contributed by atoms with E-state index in [1.54, 1.807) is 30.5 Å². The van der Waals surface area contributed by atoms with Crippen molar-refractivity contribution >= 4 is 11.9 Å². The Bertz CT molecular complexity index is 699. The fraction of sp³-hybridized carbons (Fsp3) is 0.357. The Kier molecular flexibility index (Phi) is 3.84. The molecule has 0 unspecified atom stereocenters. The van der Waals surface area contributed by atoms with Gasteiger partial charge in [-0.1, -0.05) is 5.16 Å². The number of aryl methyl sites for hydroxylation is 2. The summed E-state index contributed by atoms with van der Waals surface area (Å²) in [4.78, 5) is 23.0. The first-order valence-electron chi connectivity index (χ1n) is 6.47. The fourth-order valence-corrected chi connectivity index (χ4v) is 2.14. The molecule has 0 fully saturated rings. The zero-order valence-corrected chi connectivity index (χ0v) is 12.3. The molecule has 0 aliphatic carbocycles. The molecule has 0 spiro atoms. The molecule has 0 aliphatic rings. The number of carbonyl (C=O) groups excluding carboxylic acids is 1. The lowest BCUT2D eigenvalue weighted by atomic mass is 10.2. The van der Waals surface area contributed by atoms with Crippen LogP contribution in [0.15, 0.2) is 16.7 Å². The molecule has 112 valence electrons. The molecule has 0 radical (unpaired) electrons. The van der Waals surface area contributed by atoms with E-state index in [-0.39, 0.29) is 0 Å². The van der Waals surface area contributed by atoms with E-state index < -0.39 is 17.9 Å². The predicted molar refractivity (Wildman–Crippen MR) is 74.6 cm³/mol. The Hall–Kier alpha value is -2.57. The van der Waals surface area contributed by atoms with Gasteiger partial charge in [0.2, 0.25) is 0 Å². The normalized spacial score (nSPS) is 12.2. The van der Waals surface area contributed by atoms with Gasteiger partial charge in [-0.05, 0) is 33.8 Å². The lowest BCUT2D eigenvalue weighted by molar-refractivity contribution is -0.138. The molecule has 0 aromatic carbocycles. The summed E-state index contributed by atoms with van der Waals surface area (Å²) in [5.74, 6) is -0.246. The summed E-state index contributed by atoms with van der Waals surface area (Å²) in [5, 5.41) is 15.2. The minimum absolute atomic E-state index is 0.418. The topological polar surface area (TPSA) is 97.4 Å². The summed E-state index contributed by atoms with van der Waals surface area (Å²) < 4.78 is 6.83. The SMILES string of the molecule is Cc1cc(-n2c(C)cc(C(=O)N[C@H](C)C(=O)O)c2C)no1. The number of rotatable bonds is 4. The highest BCUT2D eigenvalue weighted by molar-refractivity contribution is 5.97. The molecule has 1 atom stereocenters. The molecule has 2 rings (SSSR count). The number of nitrogens with one attached hydrogen (secondary N) is 1. The first-order valence-corrected chi connectivity index (χ1v) is 6.47. The Labute approximate surface area is 121 Å². The summed E-state index contributed by atoms with van der Waals surface area (Å²) in [6.07, 6.45) is 0. The van der Waals surface area contributed by atoms with E-state index in [0.29, 0.717) is 22.8 Å². The fourth-order valence-electron chi connectivity index (χ4n) is 2.14. The highest BCUT2D eigenvalue weighted by Gasteiger charge is 2.21. The van der Waals surface area contributed by atoms with E-state index in [1.165, 1.54) is 6.92 Å². The summed E-state index contributed by atoms with van der Waals surface area (Å²) in [7, 11) is 0. The minimum Gasteiger partial charge on any atom is -0.480 e. The largest absolute Gasteiger partial charge is 0.480 e. The van der Waals surface area contributed by atoms with Gasteiger partial charge in [0, 0.05) is 17.5 Å². The highest BCUT2D eigenvalue weighted by Crippen LogP contribution is 2.20. The molecule has 0 aliphatic heterocycles. The zero-order valence-electron chi connectivity index (χ0n) is 12.3. The number of aliphatic carboxylic acids is 1. The Morgan fingerprint density at radius 3 is 2.52 bits per heavy atom. The lowest BCUT2D eigenvalue weighted by Gasteiger charge is -2.09. The quantitative estimate of drug-likeness (QED) is 0.891. The standard InChI is InChI=1S/C14H17N3O4/c1-7-5-11(13(18)15-9(3)14(19)20)10(4)17(7)12-6-8(2)21-16-12/h5-6,9H,1-4H3,(H,15,18)(H,19,20)/t9-/m1/s1. The van der Waals surface area contributed by atoms with E-state index in [2.05, 4.69) is 10.5 Å². The maximum atomic E-state index is 12.2. The van der Waals surface area contributed by atoms with Crippen LogP contribution in [-0.4, -0.2) is 32.7 Å². The van der Waals surface area contributed by atoms with E-state index in [0.717, 1.165) is 5.69 Å². The molecular weight excluding hydrogens is 274 g/mol. The average molecular weight is 291 g/mol. The van der Waals surface area contributed by atoms with Crippen LogP contribution in [-0.2, 0) is 4.79 Å². The molecule has 2 N–H and O–H groups in total. The van der Waals surface area contributed by atoms with Crippen molar-refractivity contribution in [2.75, 3.05) is 0 Å². The van der Waals surface area contributed by atoms with Crippen LogP contribution in [0.2, 0.25) is 0 Å². The summed E-state index contributed by atoms with van der Waals surface area (Å²) in [6, 6.07) is 2.51. The molecule has 21 heavy (non-hydrogen) atoms. The number of carboxylic acids is 1. The van der Waals surface area contributed by atoms with Crippen molar-refractivity contribution < 1.29 is 19.2 Å². The Balaban J connectivity index is 2.35. The second-order valence-corrected chi connectivity index (χ2v) is 4.95. The third-order valence-corrected chi connectivity index (χ3v) is 3.24. The van der Waals surface area contributed by atoms with Crippen molar-refractivity contribution in [3.8, 4) is 5.82 Å². The number of hydrogen-bond acceptors (Lipinski definition) is 4. The molecule has 2 aromatic heterocycles. The van der Waals surface area contributed by atoms with Gasteiger partial charge in [-0.3, -0.25) is 14.2 Å². The van der Waals surface area contributed by atoms with Crippen LogP contribution in [0.3, 0.4) is 0 Å². The van der Waals surface area contributed by atoms with Crippen molar-refractivity contribution in [3.05, 3.63) is 34.8 Å². The van der Waals surface area contributed by atoms with Gasteiger partial charge in [-0.2, -0.15) is 0 Å². The summed E-state index contributed by atoms with van der Waals surface area (Å²) in [6.45, 7) is 6.82. The van der Waals surface area contributed by atoms with Crippen molar-refractivity contribution in [2.24, 2.45) is 0 Å². The van der Waals surface area contributed by atoms with Crippen LogP contribution >= 0.6 is 0 Å². The molecule has 7 nitrogen and oxygen atoms in total. The molecule has 1 amide bonds. The van der Waals surface area contributed by atoms with Crippen LogP contribution in [0.4, 0.5) is 0 Å². The van der Waals surface area contributed by atoms with Gasteiger partial charge < -0.3 is 14.9 Å². The second kappa shape index (κ2) is 5.43. The number of amides is 1. The number of carbonyl (C=O) groups is 2. The van der Waals surface area contributed by atoms with E-state index in [9.17, 15) is 9.59 Å². The monoisotopic (exact) mass is 291 g/mol. The smallest absolute Gasteiger partial charge is 0.325 e. The van der Waals surface area contributed by atoms with Crippen LogP contribution in [0.5, 0.6) is 0 Å². The molecular formula is C14H17N3O4. The first kappa shape index (κ1) is 14.8. The molecule has 2 heterocycles. The molecule has 2 aromatic rings. The average Bonchev–Trinajstić information content (AvgIpc) is 2.93. The molecule has 0 bridgehead atoms. The van der Waals surface area contributed by atoms with Gasteiger partial charge in [-0.15, -0.1) is 0 Å². The first-order chi connectivity index (χ1) is 9.81. The van der Waals surface area contributed by atoms with Crippen LogP contribution < -0.4 is 5.32 Å². The van der Waals surface area contributed by atoms with Gasteiger partial charge in [0.25, 0.3) is 5.91 Å². The van der Waals surface area contributed by atoms with E-state index >= 15 is 0 Å². The summed E-state index contributed by atoms with van der Waals surface area (Å²) in [5.41, 5.74) is 1.91. The van der Waals surface area contributed by atoms with Gasteiger partial charge in [0.1, 0.15) is 11.8 Å². The third-order valence-electron chi connectivity index (χ3n) is 3.24. The second-order valence-electron chi connectivity index (χ2n) is 4.95. The number of aromatic nitrogens is 2. The van der Waals surface area contributed by atoms with Crippen LogP contribution in [0.25, 0.3) is 5.82 Å². The zero-order chi connectivity index (χ0) is 15.7. The van der Waals surface area contributed by atoms with Crippen LogP contribution in [0, 0.1) is 20.8 Å². The van der Waals surface area contributed by atoms with Crippen molar-refractivity contribution in [1.82, 2.24) is 15.0 Å². The molecule has 0 saturated carbocycles. The van der Waals surface area contributed by atoms with Gasteiger partial charge in [-0.25, -0.2) is 0 Å². The van der Waals surface area contributed by atoms with Crippen molar-refractivity contribution in [1.29, 1.82) is 0 Å². The predicted octanol–water partition coefficient (Wildman–Crippen LogP) is 1.59. The Morgan fingerprint density at radius 2 is 2.00 bits per heavy atom. The van der Waals surface area contributed by atoms with Crippen molar-refractivity contribution in [2.45, 2.75) is 33.7 Å². The van der Waals surface area contributed by atoms with Gasteiger partial charge in [0.05, 0.1) is 5.56 Å². The highest BCUT2D eigenvalue weighted by atomic mass is 16.5. The van der Waals surface area contributed by atoms with E-state index in [4.69, 9.17) is 9.63 Å². The number of carboxylic acid groups (broad SMARTS) is 1. The number of hydrogen-bond donors (Lipinski definition) is 2. The molecule has 0 saturated heterocycles. The Morgan fingerprint density at radius 1 is 1.33 bits per heavy atom. The lowest BCUT2D eigenvalue weighted by Crippen LogP contribution is -2.38. The van der Waals surface area contributed by atoms with Gasteiger partial charge >= 0.3 is 5.97 Å².